The van der Waals surface area contributed by atoms with Gasteiger partial charge in [0.1, 0.15) is 0 Å². The molecule has 58 valence electrons. The summed E-state index contributed by atoms with van der Waals surface area (Å²) in [5.41, 5.74) is 1.84. The van der Waals surface area contributed by atoms with Gasteiger partial charge < -0.3 is 0 Å². The van der Waals surface area contributed by atoms with Crippen molar-refractivity contribution in [3.8, 4) is 0 Å². The Morgan fingerprint density at radius 3 is 2.82 bits per heavy atom. The van der Waals surface area contributed by atoms with Crippen LogP contribution in [0.15, 0.2) is 19.4 Å². The van der Waals surface area contributed by atoms with Gasteiger partial charge in [0.05, 0.1) is 5.69 Å². The van der Waals surface area contributed by atoms with Crippen LogP contribution in [0.5, 0.6) is 0 Å². The molecular weight excluding hydrogens is 204 g/mol. The van der Waals surface area contributed by atoms with E-state index >= 15 is 0 Å². The fourth-order valence-electron chi connectivity index (χ4n) is 0.865. The van der Waals surface area contributed by atoms with Gasteiger partial charge >= 0.3 is 0 Å². The van der Waals surface area contributed by atoms with E-state index in [9.17, 15) is 0 Å². The largest absolute Gasteiger partial charge is 0.275 e. The summed E-state index contributed by atoms with van der Waals surface area (Å²) in [5, 5.41) is 4.16. The second-order valence-corrected chi connectivity index (χ2v) is 3.17. The van der Waals surface area contributed by atoms with Crippen molar-refractivity contribution < 1.29 is 0 Å². The highest BCUT2D eigenvalue weighted by Crippen LogP contribution is 2.21. The summed E-state index contributed by atoms with van der Waals surface area (Å²) >= 11 is 3.29. The third kappa shape index (κ3) is 1.60. The molecule has 1 aromatic rings. The topological polar surface area (TPSA) is 17.8 Å². The molecule has 1 heterocycles. The van der Waals surface area contributed by atoms with E-state index in [1.54, 1.807) is 10.8 Å². The van der Waals surface area contributed by atoms with E-state index in [0.29, 0.717) is 0 Å². The molecular formula is C8H9BrN2. The zero-order valence-electron chi connectivity index (χ0n) is 6.34. The van der Waals surface area contributed by atoms with Gasteiger partial charge in [-0.3, -0.25) is 4.68 Å². The lowest BCUT2D eigenvalue weighted by Gasteiger charge is -1.90. The number of aryl methyl sites for hydroxylation is 1. The maximum atomic E-state index is 4.16. The molecule has 0 aromatic carbocycles. The molecule has 0 fully saturated rings. The van der Waals surface area contributed by atoms with Crippen LogP contribution >= 0.6 is 15.9 Å². The summed E-state index contributed by atoms with van der Waals surface area (Å²) in [4.78, 5) is 0. The number of aromatic nitrogens is 2. The molecule has 0 N–H and O–H groups in total. The maximum Gasteiger partial charge on any atom is 0.0928 e. The van der Waals surface area contributed by atoms with Crippen molar-refractivity contribution in [3.05, 3.63) is 30.6 Å². The van der Waals surface area contributed by atoms with E-state index < -0.39 is 0 Å². The highest BCUT2D eigenvalue weighted by molar-refractivity contribution is 9.15. The van der Waals surface area contributed by atoms with Crippen molar-refractivity contribution >= 4 is 26.5 Å². The van der Waals surface area contributed by atoms with Gasteiger partial charge in [0, 0.05) is 23.3 Å². The van der Waals surface area contributed by atoms with E-state index in [2.05, 4.69) is 34.2 Å². The van der Waals surface area contributed by atoms with Gasteiger partial charge in [-0.15, -0.1) is 0 Å². The molecule has 1 rings (SSSR count). The zero-order valence-corrected chi connectivity index (χ0v) is 7.93. The quantitative estimate of drug-likeness (QED) is 0.737. The molecule has 11 heavy (non-hydrogen) atoms. The van der Waals surface area contributed by atoms with E-state index in [0.717, 1.165) is 15.7 Å². The van der Waals surface area contributed by atoms with Gasteiger partial charge in [0.15, 0.2) is 0 Å². The Hall–Kier alpha value is -0.830. The zero-order chi connectivity index (χ0) is 8.43. The SMILES string of the molecule is C=Cc1nn(C)cc1C(=C)Br. The van der Waals surface area contributed by atoms with Crippen molar-refractivity contribution in [2.45, 2.75) is 0 Å². The van der Waals surface area contributed by atoms with Crippen LogP contribution in [0.1, 0.15) is 11.3 Å². The minimum absolute atomic E-state index is 0.834. The third-order valence-corrected chi connectivity index (χ3v) is 1.77. The average molecular weight is 213 g/mol. The molecule has 0 aliphatic heterocycles. The normalized spacial score (nSPS) is 9.64. The first-order valence-electron chi connectivity index (χ1n) is 3.16. The van der Waals surface area contributed by atoms with E-state index in [4.69, 9.17) is 0 Å². The molecule has 0 spiro atoms. The van der Waals surface area contributed by atoms with Crippen LogP contribution in [-0.2, 0) is 7.05 Å². The van der Waals surface area contributed by atoms with Crippen molar-refractivity contribution in [1.82, 2.24) is 9.78 Å². The van der Waals surface area contributed by atoms with Gasteiger partial charge in [0.25, 0.3) is 0 Å². The van der Waals surface area contributed by atoms with Crippen molar-refractivity contribution in [2.24, 2.45) is 7.05 Å². The number of hydrogen-bond donors (Lipinski definition) is 0. The molecule has 2 nitrogen and oxygen atoms in total. The van der Waals surface area contributed by atoms with Crippen molar-refractivity contribution in [2.75, 3.05) is 0 Å². The lowest BCUT2D eigenvalue weighted by Crippen LogP contribution is -1.86. The Balaban J connectivity index is 3.22. The molecule has 0 radical (unpaired) electrons. The maximum absolute atomic E-state index is 4.16. The molecule has 0 saturated heterocycles. The van der Waals surface area contributed by atoms with Crippen LogP contribution in [0, 0.1) is 0 Å². The van der Waals surface area contributed by atoms with E-state index in [1.807, 2.05) is 13.2 Å². The number of hydrogen-bond acceptors (Lipinski definition) is 1. The average Bonchev–Trinajstić information content (AvgIpc) is 2.30. The molecule has 0 aliphatic carbocycles. The predicted octanol–water partition coefficient (Wildman–Crippen LogP) is 2.43. The summed E-state index contributed by atoms with van der Waals surface area (Å²) in [5.74, 6) is 0. The highest BCUT2D eigenvalue weighted by atomic mass is 79.9. The molecule has 0 amide bonds. The third-order valence-electron chi connectivity index (χ3n) is 1.34. The van der Waals surface area contributed by atoms with Gasteiger partial charge in [-0.1, -0.05) is 29.1 Å². The molecule has 0 atom stereocenters. The van der Waals surface area contributed by atoms with Crippen LogP contribution in [0.2, 0.25) is 0 Å². The fourth-order valence-corrected chi connectivity index (χ4v) is 1.17. The predicted molar refractivity (Wildman–Crippen MR) is 51.3 cm³/mol. The fraction of sp³-hybridized carbons (Fsp3) is 0.125. The first-order valence-corrected chi connectivity index (χ1v) is 3.95. The van der Waals surface area contributed by atoms with Crippen LogP contribution in [0.3, 0.4) is 0 Å². The second-order valence-electron chi connectivity index (χ2n) is 2.21. The van der Waals surface area contributed by atoms with Gasteiger partial charge in [-0.05, 0) is 6.08 Å². The van der Waals surface area contributed by atoms with Crippen LogP contribution in [0.25, 0.3) is 10.6 Å². The number of nitrogens with zero attached hydrogens (tertiary/aromatic N) is 2. The lowest BCUT2D eigenvalue weighted by atomic mass is 10.2. The molecule has 1 aromatic heterocycles. The first kappa shape index (κ1) is 8.27. The summed E-state index contributed by atoms with van der Waals surface area (Å²) < 4.78 is 2.57. The Labute approximate surface area is 74.4 Å². The Kier molecular flexibility index (Phi) is 2.29. The summed E-state index contributed by atoms with van der Waals surface area (Å²) in [6.45, 7) is 7.41. The van der Waals surface area contributed by atoms with E-state index in [1.165, 1.54) is 0 Å². The second kappa shape index (κ2) is 3.05. The van der Waals surface area contributed by atoms with Gasteiger partial charge in [-0.2, -0.15) is 5.10 Å². The van der Waals surface area contributed by atoms with Crippen molar-refractivity contribution in [1.29, 1.82) is 0 Å². The molecule has 0 unspecified atom stereocenters. The molecule has 0 bridgehead atoms. The first-order chi connectivity index (χ1) is 5.15. The minimum Gasteiger partial charge on any atom is -0.275 e. The van der Waals surface area contributed by atoms with Crippen LogP contribution in [-0.4, -0.2) is 9.78 Å². The van der Waals surface area contributed by atoms with Gasteiger partial charge in [0.2, 0.25) is 0 Å². The van der Waals surface area contributed by atoms with Crippen molar-refractivity contribution in [3.63, 3.8) is 0 Å². The van der Waals surface area contributed by atoms with Gasteiger partial charge in [-0.25, -0.2) is 0 Å². The Bertz CT molecular complexity index is 299. The summed E-state index contributed by atoms with van der Waals surface area (Å²) in [7, 11) is 1.87. The number of halogens is 1. The van der Waals surface area contributed by atoms with Crippen LogP contribution in [0.4, 0.5) is 0 Å². The Morgan fingerprint density at radius 1 is 1.82 bits per heavy atom. The standard InChI is InChI=1S/C8H9BrN2/c1-4-8-7(6(2)9)5-11(3)10-8/h4-5H,1-2H2,3H3. The monoisotopic (exact) mass is 212 g/mol. The molecule has 3 heteroatoms. The summed E-state index contributed by atoms with van der Waals surface area (Å²) in [6.07, 6.45) is 3.61. The van der Waals surface area contributed by atoms with Crippen LogP contribution < -0.4 is 0 Å². The Morgan fingerprint density at radius 2 is 2.45 bits per heavy atom. The lowest BCUT2D eigenvalue weighted by molar-refractivity contribution is 0.764. The summed E-state index contributed by atoms with van der Waals surface area (Å²) in [6, 6.07) is 0. The van der Waals surface area contributed by atoms with E-state index in [-0.39, 0.29) is 0 Å². The highest BCUT2D eigenvalue weighted by Gasteiger charge is 2.04. The minimum atomic E-state index is 0.834. The number of rotatable bonds is 2. The smallest absolute Gasteiger partial charge is 0.0928 e. The molecule has 0 saturated carbocycles. The molecule has 0 aliphatic rings.